The largest absolute Gasteiger partial charge is 0.356 e. The molecule has 22 heavy (non-hydrogen) atoms. The summed E-state index contributed by atoms with van der Waals surface area (Å²) in [6, 6.07) is 11.9. The van der Waals surface area contributed by atoms with Crippen LogP contribution < -0.4 is 0 Å². The summed E-state index contributed by atoms with van der Waals surface area (Å²) in [4.78, 5) is 0. The quantitative estimate of drug-likeness (QED) is 0.650. The Labute approximate surface area is 132 Å². The van der Waals surface area contributed by atoms with Gasteiger partial charge in [-0.15, -0.1) is 5.10 Å². The fourth-order valence-electron chi connectivity index (χ4n) is 2.02. The first kappa shape index (κ1) is 14.8. The molecule has 6 nitrogen and oxygen atoms in total. The van der Waals surface area contributed by atoms with Crippen molar-refractivity contribution in [3.05, 3.63) is 42.1 Å². The average Bonchev–Trinajstić information content (AvgIpc) is 3.15. The summed E-state index contributed by atoms with van der Waals surface area (Å²) in [6.45, 7) is 5.09. The van der Waals surface area contributed by atoms with Crippen molar-refractivity contribution in [1.29, 1.82) is 0 Å². The van der Waals surface area contributed by atoms with Gasteiger partial charge in [0, 0.05) is 23.9 Å². The van der Waals surface area contributed by atoms with Gasteiger partial charge in [-0.2, -0.15) is 0 Å². The molecule has 0 atom stereocenters. The first-order valence-corrected chi connectivity index (χ1v) is 8.11. The highest BCUT2D eigenvalue weighted by Gasteiger charge is 2.11. The minimum absolute atomic E-state index is 0.500. The lowest BCUT2D eigenvalue weighted by atomic mass is 10.2. The van der Waals surface area contributed by atoms with E-state index in [2.05, 4.69) is 34.5 Å². The molecule has 2 heterocycles. The minimum atomic E-state index is 0.500. The van der Waals surface area contributed by atoms with Gasteiger partial charge in [0.1, 0.15) is 0 Å². The fraction of sp³-hybridized carbons (Fsp3) is 0.333. The van der Waals surface area contributed by atoms with Crippen molar-refractivity contribution in [2.24, 2.45) is 5.92 Å². The first-order chi connectivity index (χ1) is 10.7. The molecule has 0 radical (unpaired) electrons. The van der Waals surface area contributed by atoms with E-state index < -0.39 is 0 Å². The second kappa shape index (κ2) is 6.74. The van der Waals surface area contributed by atoms with Gasteiger partial charge >= 0.3 is 0 Å². The third kappa shape index (κ3) is 3.54. The van der Waals surface area contributed by atoms with Gasteiger partial charge in [-0.3, -0.25) is 0 Å². The zero-order chi connectivity index (χ0) is 15.4. The molecule has 0 unspecified atom stereocenters. The van der Waals surface area contributed by atoms with Crippen LogP contribution in [0, 0.1) is 5.92 Å². The molecule has 0 N–H and O–H groups in total. The van der Waals surface area contributed by atoms with Crippen LogP contribution in [0.3, 0.4) is 0 Å². The Kier molecular flexibility index (Phi) is 4.53. The Morgan fingerprint density at radius 2 is 2.05 bits per heavy atom. The van der Waals surface area contributed by atoms with E-state index in [4.69, 9.17) is 4.52 Å². The number of aromatic nitrogens is 5. The Balaban J connectivity index is 1.65. The van der Waals surface area contributed by atoms with Crippen molar-refractivity contribution in [3.8, 4) is 11.3 Å². The van der Waals surface area contributed by atoms with Crippen LogP contribution in [0.15, 0.2) is 46.1 Å². The summed E-state index contributed by atoms with van der Waals surface area (Å²) >= 11 is 1.56. The van der Waals surface area contributed by atoms with E-state index in [-0.39, 0.29) is 0 Å². The molecule has 3 aromatic rings. The lowest BCUT2D eigenvalue weighted by Gasteiger charge is -2.05. The third-order valence-electron chi connectivity index (χ3n) is 3.00. The molecule has 0 aliphatic rings. The smallest absolute Gasteiger partial charge is 0.209 e. The molecule has 114 valence electrons. The Morgan fingerprint density at radius 1 is 1.23 bits per heavy atom. The standard InChI is InChI=1S/C15H17N5OS/c1-11(2)9-20-15(16-18-19-20)22-10-13-8-14(21-17-13)12-6-4-3-5-7-12/h3-8,11H,9-10H2,1-2H3. The average molecular weight is 315 g/mol. The van der Waals surface area contributed by atoms with Crippen LogP contribution in [-0.4, -0.2) is 25.4 Å². The van der Waals surface area contributed by atoms with Gasteiger partial charge in [0.25, 0.3) is 0 Å². The summed E-state index contributed by atoms with van der Waals surface area (Å²) in [5, 5.41) is 16.7. The normalized spacial score (nSPS) is 11.2. The van der Waals surface area contributed by atoms with Gasteiger partial charge < -0.3 is 4.52 Å². The van der Waals surface area contributed by atoms with E-state index in [1.165, 1.54) is 0 Å². The van der Waals surface area contributed by atoms with Crippen molar-refractivity contribution in [1.82, 2.24) is 25.4 Å². The van der Waals surface area contributed by atoms with E-state index in [0.29, 0.717) is 11.7 Å². The molecule has 0 aliphatic heterocycles. The maximum absolute atomic E-state index is 5.39. The highest BCUT2D eigenvalue weighted by atomic mass is 32.2. The second-order valence-corrected chi connectivity index (χ2v) is 6.32. The lowest BCUT2D eigenvalue weighted by molar-refractivity contribution is 0.426. The van der Waals surface area contributed by atoms with Crippen LogP contribution in [-0.2, 0) is 12.3 Å². The molecule has 0 saturated heterocycles. The van der Waals surface area contributed by atoms with Crippen LogP contribution in [0.25, 0.3) is 11.3 Å². The van der Waals surface area contributed by atoms with Crippen LogP contribution in [0.2, 0.25) is 0 Å². The second-order valence-electron chi connectivity index (χ2n) is 5.37. The molecular weight excluding hydrogens is 298 g/mol. The van der Waals surface area contributed by atoms with Crippen molar-refractivity contribution in [2.75, 3.05) is 0 Å². The molecule has 0 spiro atoms. The number of thioether (sulfide) groups is 1. The predicted octanol–water partition coefficient (Wildman–Crippen LogP) is 3.28. The molecule has 7 heteroatoms. The zero-order valence-electron chi connectivity index (χ0n) is 12.5. The number of tetrazole rings is 1. The summed E-state index contributed by atoms with van der Waals surface area (Å²) in [5.41, 5.74) is 1.90. The SMILES string of the molecule is CC(C)Cn1nnnc1SCc1cc(-c2ccccc2)on1. The van der Waals surface area contributed by atoms with Crippen LogP contribution >= 0.6 is 11.8 Å². The van der Waals surface area contributed by atoms with Gasteiger partial charge in [0.15, 0.2) is 5.76 Å². The van der Waals surface area contributed by atoms with Crippen molar-refractivity contribution < 1.29 is 4.52 Å². The fourth-order valence-corrected chi connectivity index (χ4v) is 2.78. The van der Waals surface area contributed by atoms with Crippen molar-refractivity contribution in [2.45, 2.75) is 31.3 Å². The topological polar surface area (TPSA) is 69.6 Å². The van der Waals surface area contributed by atoms with Crippen molar-refractivity contribution in [3.63, 3.8) is 0 Å². The van der Waals surface area contributed by atoms with Crippen LogP contribution in [0.4, 0.5) is 0 Å². The number of hydrogen-bond donors (Lipinski definition) is 0. The third-order valence-corrected chi connectivity index (χ3v) is 3.99. The molecule has 0 amide bonds. The monoisotopic (exact) mass is 315 g/mol. The first-order valence-electron chi connectivity index (χ1n) is 7.12. The number of nitrogens with zero attached hydrogens (tertiary/aromatic N) is 5. The summed E-state index contributed by atoms with van der Waals surface area (Å²) < 4.78 is 7.22. The van der Waals surface area contributed by atoms with Gasteiger partial charge in [0.05, 0.1) is 5.69 Å². The highest BCUT2D eigenvalue weighted by molar-refractivity contribution is 7.98. The zero-order valence-corrected chi connectivity index (χ0v) is 13.3. The molecule has 0 aliphatic carbocycles. The Bertz CT molecular complexity index is 722. The molecule has 0 fully saturated rings. The summed E-state index contributed by atoms with van der Waals surface area (Å²) in [7, 11) is 0. The molecule has 0 bridgehead atoms. The predicted molar refractivity (Wildman–Crippen MR) is 84.2 cm³/mol. The van der Waals surface area contributed by atoms with E-state index in [1.807, 2.05) is 41.1 Å². The molecule has 1 aromatic carbocycles. The number of benzene rings is 1. The molecule has 0 saturated carbocycles. The lowest BCUT2D eigenvalue weighted by Crippen LogP contribution is -2.07. The van der Waals surface area contributed by atoms with E-state index in [0.717, 1.165) is 28.7 Å². The van der Waals surface area contributed by atoms with Gasteiger partial charge in [-0.25, -0.2) is 4.68 Å². The number of rotatable bonds is 6. The summed E-state index contributed by atoms with van der Waals surface area (Å²) in [5.74, 6) is 1.95. The number of hydrogen-bond acceptors (Lipinski definition) is 6. The van der Waals surface area contributed by atoms with Crippen molar-refractivity contribution >= 4 is 11.8 Å². The van der Waals surface area contributed by atoms with Gasteiger partial charge in [-0.1, -0.05) is 61.1 Å². The van der Waals surface area contributed by atoms with Gasteiger partial charge in [-0.05, 0) is 16.3 Å². The van der Waals surface area contributed by atoms with E-state index in [1.54, 1.807) is 11.8 Å². The maximum Gasteiger partial charge on any atom is 0.209 e. The van der Waals surface area contributed by atoms with Gasteiger partial charge in [0.2, 0.25) is 5.16 Å². The molecular formula is C15H17N5OS. The Morgan fingerprint density at radius 3 is 2.82 bits per heavy atom. The van der Waals surface area contributed by atoms with E-state index in [9.17, 15) is 0 Å². The van der Waals surface area contributed by atoms with Crippen LogP contribution in [0.1, 0.15) is 19.5 Å². The van der Waals surface area contributed by atoms with Crippen LogP contribution in [0.5, 0.6) is 0 Å². The van der Waals surface area contributed by atoms with E-state index >= 15 is 0 Å². The minimum Gasteiger partial charge on any atom is -0.356 e. The maximum atomic E-state index is 5.39. The summed E-state index contributed by atoms with van der Waals surface area (Å²) in [6.07, 6.45) is 0. The molecule has 2 aromatic heterocycles. The molecule has 3 rings (SSSR count). The highest BCUT2D eigenvalue weighted by Crippen LogP contribution is 2.24. The Hall–Kier alpha value is -2.15.